The van der Waals surface area contributed by atoms with E-state index < -0.39 is 0 Å². The number of aromatic nitrogens is 6. The largest absolute Gasteiger partial charge is 0.276 e. The van der Waals surface area contributed by atoms with Crippen molar-refractivity contribution in [2.75, 3.05) is 0 Å². The third-order valence-corrected chi connectivity index (χ3v) is 4.16. The molecule has 110 valence electrons. The van der Waals surface area contributed by atoms with E-state index in [0.29, 0.717) is 22.2 Å². The molecule has 6 nitrogen and oxygen atoms in total. The SMILES string of the molecule is Cc1ccc2c(nc(-c3cc(Cl)[nH]n3)c3nnc(C)n32)c1C. The number of halogens is 1. The molecule has 1 N–H and O–H groups in total. The summed E-state index contributed by atoms with van der Waals surface area (Å²) in [7, 11) is 0. The Morgan fingerprint density at radius 3 is 2.68 bits per heavy atom. The second-order valence-electron chi connectivity index (χ2n) is 5.34. The van der Waals surface area contributed by atoms with Crippen LogP contribution in [0.4, 0.5) is 0 Å². The highest BCUT2D eigenvalue weighted by Crippen LogP contribution is 2.28. The van der Waals surface area contributed by atoms with Crippen LogP contribution in [0.5, 0.6) is 0 Å². The van der Waals surface area contributed by atoms with Crippen molar-refractivity contribution in [1.29, 1.82) is 0 Å². The van der Waals surface area contributed by atoms with E-state index >= 15 is 0 Å². The molecule has 3 heterocycles. The molecule has 0 saturated heterocycles. The zero-order valence-corrected chi connectivity index (χ0v) is 13.1. The van der Waals surface area contributed by atoms with Crippen LogP contribution in [-0.2, 0) is 0 Å². The Morgan fingerprint density at radius 1 is 1.14 bits per heavy atom. The van der Waals surface area contributed by atoms with Crippen LogP contribution in [0.15, 0.2) is 18.2 Å². The topological polar surface area (TPSA) is 71.8 Å². The van der Waals surface area contributed by atoms with Crippen molar-refractivity contribution in [1.82, 2.24) is 29.8 Å². The average molecular weight is 313 g/mol. The molecular formula is C15H13ClN6. The van der Waals surface area contributed by atoms with Gasteiger partial charge in [0, 0.05) is 6.07 Å². The van der Waals surface area contributed by atoms with E-state index in [1.807, 2.05) is 11.3 Å². The van der Waals surface area contributed by atoms with Gasteiger partial charge in [0.1, 0.15) is 22.4 Å². The Bertz CT molecular complexity index is 1030. The molecule has 0 aliphatic carbocycles. The van der Waals surface area contributed by atoms with Crippen LogP contribution in [0.25, 0.3) is 28.1 Å². The van der Waals surface area contributed by atoms with Gasteiger partial charge in [0.25, 0.3) is 0 Å². The lowest BCUT2D eigenvalue weighted by Crippen LogP contribution is -2.00. The molecule has 3 aromatic heterocycles. The molecule has 4 aromatic rings. The fraction of sp³-hybridized carbons (Fsp3) is 0.200. The molecule has 0 fully saturated rings. The van der Waals surface area contributed by atoms with Gasteiger partial charge in [0.05, 0.1) is 11.0 Å². The van der Waals surface area contributed by atoms with Gasteiger partial charge in [-0.2, -0.15) is 5.10 Å². The second-order valence-corrected chi connectivity index (χ2v) is 5.75. The first kappa shape index (κ1) is 13.2. The second kappa shape index (κ2) is 4.51. The summed E-state index contributed by atoms with van der Waals surface area (Å²) in [4.78, 5) is 4.80. The van der Waals surface area contributed by atoms with E-state index in [9.17, 15) is 0 Å². The molecule has 0 spiro atoms. The first-order chi connectivity index (χ1) is 10.6. The van der Waals surface area contributed by atoms with Crippen molar-refractivity contribution >= 4 is 28.3 Å². The number of benzene rings is 1. The minimum atomic E-state index is 0.465. The van der Waals surface area contributed by atoms with E-state index in [2.05, 4.69) is 46.4 Å². The molecule has 0 radical (unpaired) electrons. The maximum atomic E-state index is 5.95. The summed E-state index contributed by atoms with van der Waals surface area (Å²) in [6.45, 7) is 6.07. The molecule has 1 aromatic carbocycles. The summed E-state index contributed by atoms with van der Waals surface area (Å²) in [6, 6.07) is 5.88. The molecule has 0 aliphatic rings. The minimum absolute atomic E-state index is 0.465. The lowest BCUT2D eigenvalue weighted by molar-refractivity contribution is 1.02. The molecule has 0 bridgehead atoms. The van der Waals surface area contributed by atoms with E-state index in [-0.39, 0.29) is 0 Å². The summed E-state index contributed by atoms with van der Waals surface area (Å²) in [5, 5.41) is 15.9. The summed E-state index contributed by atoms with van der Waals surface area (Å²) < 4.78 is 2.01. The van der Waals surface area contributed by atoms with Gasteiger partial charge in [-0.3, -0.25) is 9.50 Å². The molecule has 0 amide bonds. The molecule has 0 atom stereocenters. The van der Waals surface area contributed by atoms with Gasteiger partial charge in [-0.15, -0.1) is 10.2 Å². The lowest BCUT2D eigenvalue weighted by atomic mass is 10.1. The Hall–Kier alpha value is -2.47. The van der Waals surface area contributed by atoms with E-state index in [1.165, 1.54) is 5.56 Å². The smallest absolute Gasteiger partial charge is 0.189 e. The Morgan fingerprint density at radius 2 is 1.95 bits per heavy atom. The van der Waals surface area contributed by atoms with Gasteiger partial charge < -0.3 is 0 Å². The Labute approximate surface area is 131 Å². The van der Waals surface area contributed by atoms with Gasteiger partial charge in [-0.05, 0) is 38.0 Å². The number of fused-ring (bicyclic) bond motifs is 3. The van der Waals surface area contributed by atoms with Crippen molar-refractivity contribution in [2.45, 2.75) is 20.8 Å². The van der Waals surface area contributed by atoms with Crippen molar-refractivity contribution in [3.63, 3.8) is 0 Å². The van der Waals surface area contributed by atoms with Gasteiger partial charge >= 0.3 is 0 Å². The molecule has 0 unspecified atom stereocenters. The molecule has 7 heteroatoms. The normalized spacial score (nSPS) is 11.6. The third kappa shape index (κ3) is 1.74. The van der Waals surface area contributed by atoms with E-state index in [4.69, 9.17) is 16.6 Å². The molecule has 22 heavy (non-hydrogen) atoms. The van der Waals surface area contributed by atoms with Crippen molar-refractivity contribution in [3.05, 3.63) is 40.3 Å². The summed E-state index contributed by atoms with van der Waals surface area (Å²) in [6.07, 6.45) is 0. The number of rotatable bonds is 1. The summed E-state index contributed by atoms with van der Waals surface area (Å²) >= 11 is 5.95. The highest BCUT2D eigenvalue weighted by molar-refractivity contribution is 6.29. The summed E-state index contributed by atoms with van der Waals surface area (Å²) in [5.41, 5.74) is 6.24. The number of aryl methyl sites for hydroxylation is 3. The van der Waals surface area contributed by atoms with Gasteiger partial charge in [-0.25, -0.2) is 4.98 Å². The zero-order valence-electron chi connectivity index (χ0n) is 12.3. The van der Waals surface area contributed by atoms with Crippen molar-refractivity contribution in [3.8, 4) is 11.4 Å². The quantitative estimate of drug-likeness (QED) is 0.585. The maximum Gasteiger partial charge on any atom is 0.189 e. The predicted molar refractivity (Wildman–Crippen MR) is 85.1 cm³/mol. The van der Waals surface area contributed by atoms with Crippen LogP contribution < -0.4 is 0 Å². The van der Waals surface area contributed by atoms with E-state index in [1.54, 1.807) is 6.07 Å². The lowest BCUT2D eigenvalue weighted by Gasteiger charge is -2.10. The Kier molecular flexibility index (Phi) is 2.71. The van der Waals surface area contributed by atoms with E-state index in [0.717, 1.165) is 22.4 Å². The molecule has 0 saturated carbocycles. The number of hydrogen-bond acceptors (Lipinski definition) is 4. The maximum absolute atomic E-state index is 5.95. The van der Waals surface area contributed by atoms with Crippen LogP contribution >= 0.6 is 11.6 Å². The average Bonchev–Trinajstić information content (AvgIpc) is 3.09. The number of nitrogens with one attached hydrogen (secondary N) is 1. The molecule has 0 aliphatic heterocycles. The van der Waals surface area contributed by atoms with Crippen LogP contribution in [-0.4, -0.2) is 29.8 Å². The predicted octanol–water partition coefficient (Wildman–Crippen LogP) is 3.25. The number of H-pyrrole nitrogens is 1. The fourth-order valence-electron chi connectivity index (χ4n) is 2.67. The highest BCUT2D eigenvalue weighted by Gasteiger charge is 2.17. The van der Waals surface area contributed by atoms with Gasteiger partial charge in [0.15, 0.2) is 5.65 Å². The van der Waals surface area contributed by atoms with Gasteiger partial charge in [0.2, 0.25) is 0 Å². The minimum Gasteiger partial charge on any atom is -0.276 e. The monoisotopic (exact) mass is 312 g/mol. The molecular weight excluding hydrogens is 300 g/mol. The number of nitrogens with zero attached hydrogens (tertiary/aromatic N) is 5. The zero-order chi connectivity index (χ0) is 15.4. The van der Waals surface area contributed by atoms with Crippen molar-refractivity contribution < 1.29 is 0 Å². The highest BCUT2D eigenvalue weighted by atomic mass is 35.5. The van der Waals surface area contributed by atoms with Crippen LogP contribution in [0.1, 0.15) is 17.0 Å². The number of aromatic amines is 1. The first-order valence-corrected chi connectivity index (χ1v) is 7.27. The fourth-order valence-corrected chi connectivity index (χ4v) is 2.81. The first-order valence-electron chi connectivity index (χ1n) is 6.89. The molecule has 4 rings (SSSR count). The number of hydrogen-bond donors (Lipinski definition) is 1. The Balaban J connectivity index is 2.22. The third-order valence-electron chi connectivity index (χ3n) is 3.97. The van der Waals surface area contributed by atoms with Crippen LogP contribution in [0.2, 0.25) is 5.15 Å². The van der Waals surface area contributed by atoms with Crippen LogP contribution in [0, 0.1) is 20.8 Å². The summed E-state index contributed by atoms with van der Waals surface area (Å²) in [5.74, 6) is 0.813. The van der Waals surface area contributed by atoms with Crippen LogP contribution in [0.3, 0.4) is 0 Å². The van der Waals surface area contributed by atoms with Crippen molar-refractivity contribution in [2.24, 2.45) is 0 Å². The standard InChI is InChI=1S/C15H13ClN6/c1-7-4-5-11-13(8(7)2)17-14(10-6-12(16)20-19-10)15-21-18-9(3)22(11)15/h4-6H,1-3H3,(H,19,20). The van der Waals surface area contributed by atoms with Gasteiger partial charge in [-0.1, -0.05) is 17.7 Å².